The number of aromatic nitrogens is 2. The van der Waals surface area contributed by atoms with E-state index in [1.165, 1.54) is 11.3 Å². The summed E-state index contributed by atoms with van der Waals surface area (Å²) in [6.45, 7) is 2.66. The Labute approximate surface area is 163 Å². The van der Waals surface area contributed by atoms with Gasteiger partial charge in [-0.2, -0.15) is 0 Å². The van der Waals surface area contributed by atoms with Crippen LogP contribution in [0.4, 0.5) is 0 Å². The lowest BCUT2D eigenvalue weighted by Gasteiger charge is -2.06. The van der Waals surface area contributed by atoms with E-state index in [9.17, 15) is 8.42 Å². The van der Waals surface area contributed by atoms with Crippen molar-refractivity contribution in [2.24, 2.45) is 7.05 Å². The highest BCUT2D eigenvalue weighted by molar-refractivity contribution is 7.89. The van der Waals surface area contributed by atoms with Crippen LogP contribution in [0.2, 0.25) is 0 Å². The quantitative estimate of drug-likeness (QED) is 0.583. The van der Waals surface area contributed by atoms with E-state index in [1.807, 2.05) is 47.3 Å². The smallest absolute Gasteiger partial charge is 0.242 e. The molecule has 0 saturated carbocycles. The second-order valence-corrected chi connectivity index (χ2v) is 8.78. The van der Waals surface area contributed by atoms with E-state index in [1.54, 1.807) is 20.1 Å². The number of methoxy groups -OCH3 is 1. The molecule has 27 heavy (non-hydrogen) atoms. The van der Waals surface area contributed by atoms with Crippen LogP contribution in [-0.4, -0.2) is 38.2 Å². The fraction of sp³-hybridized carbons (Fsp3) is 0.316. The van der Waals surface area contributed by atoms with E-state index in [4.69, 9.17) is 9.72 Å². The Bertz CT molecular complexity index is 1010. The molecule has 0 aliphatic heterocycles. The van der Waals surface area contributed by atoms with Gasteiger partial charge in [-0.25, -0.2) is 18.1 Å². The normalized spacial score (nSPS) is 11.8. The van der Waals surface area contributed by atoms with Crippen molar-refractivity contribution in [2.45, 2.75) is 18.2 Å². The molecule has 1 N–H and O–H groups in total. The number of hydrogen-bond donors (Lipinski definition) is 1. The zero-order valence-electron chi connectivity index (χ0n) is 15.6. The zero-order chi connectivity index (χ0) is 19.4. The van der Waals surface area contributed by atoms with Gasteiger partial charge >= 0.3 is 0 Å². The van der Waals surface area contributed by atoms with E-state index in [-0.39, 0.29) is 4.90 Å². The van der Waals surface area contributed by atoms with E-state index >= 15 is 0 Å². The minimum Gasteiger partial charge on any atom is -0.385 e. The molecule has 0 unspecified atom stereocenters. The van der Waals surface area contributed by atoms with Crippen LogP contribution >= 0.6 is 11.3 Å². The van der Waals surface area contributed by atoms with Gasteiger partial charge in [0.1, 0.15) is 9.90 Å². The molecule has 0 aliphatic rings. The number of sulfonamides is 1. The molecule has 3 rings (SSSR count). The van der Waals surface area contributed by atoms with Gasteiger partial charge in [0.15, 0.2) is 0 Å². The molecule has 6 nitrogen and oxygen atoms in total. The average Bonchev–Trinajstić information content (AvgIpc) is 3.26. The van der Waals surface area contributed by atoms with Gasteiger partial charge in [0.05, 0.1) is 11.4 Å². The zero-order valence-corrected chi connectivity index (χ0v) is 17.2. The van der Waals surface area contributed by atoms with Crippen LogP contribution in [0.1, 0.15) is 12.1 Å². The number of benzene rings is 1. The Morgan fingerprint density at radius 3 is 2.70 bits per heavy atom. The van der Waals surface area contributed by atoms with E-state index in [0.717, 1.165) is 22.0 Å². The van der Waals surface area contributed by atoms with Crippen molar-refractivity contribution in [2.75, 3.05) is 20.3 Å². The van der Waals surface area contributed by atoms with Gasteiger partial charge in [-0.15, -0.1) is 11.3 Å². The summed E-state index contributed by atoms with van der Waals surface area (Å²) in [6.07, 6.45) is 0.626. The van der Waals surface area contributed by atoms with E-state index in [0.29, 0.717) is 25.3 Å². The molecule has 0 atom stereocenters. The van der Waals surface area contributed by atoms with Crippen LogP contribution in [0, 0.1) is 6.92 Å². The van der Waals surface area contributed by atoms with Crippen molar-refractivity contribution < 1.29 is 13.2 Å². The van der Waals surface area contributed by atoms with Gasteiger partial charge in [0.2, 0.25) is 10.0 Å². The largest absolute Gasteiger partial charge is 0.385 e. The second kappa shape index (κ2) is 8.35. The Balaban J connectivity index is 1.88. The molecule has 0 radical (unpaired) electrons. The molecular formula is C19H23N3O3S2. The number of ether oxygens (including phenoxy) is 1. The topological polar surface area (TPSA) is 73.2 Å². The highest BCUT2D eigenvalue weighted by Crippen LogP contribution is 2.32. The fourth-order valence-electron chi connectivity index (χ4n) is 2.78. The SMILES string of the molecule is COCCCNS(=O)(=O)c1cc(-c2nc(-c3ccccc3)cs2)n(C)c1C. The summed E-state index contributed by atoms with van der Waals surface area (Å²) < 4.78 is 34.8. The summed E-state index contributed by atoms with van der Waals surface area (Å²) in [5.41, 5.74) is 3.40. The first kappa shape index (κ1) is 19.8. The predicted molar refractivity (Wildman–Crippen MR) is 108 cm³/mol. The lowest BCUT2D eigenvalue weighted by Crippen LogP contribution is -2.25. The van der Waals surface area contributed by atoms with Crippen molar-refractivity contribution in [3.8, 4) is 22.0 Å². The first-order chi connectivity index (χ1) is 12.9. The van der Waals surface area contributed by atoms with Gasteiger partial charge in [-0.1, -0.05) is 30.3 Å². The third-order valence-electron chi connectivity index (χ3n) is 4.39. The first-order valence-corrected chi connectivity index (χ1v) is 11.0. The summed E-state index contributed by atoms with van der Waals surface area (Å²) in [6, 6.07) is 11.6. The monoisotopic (exact) mass is 405 g/mol. The molecule has 2 aromatic heterocycles. The molecule has 8 heteroatoms. The van der Waals surface area contributed by atoms with Crippen LogP contribution in [0.5, 0.6) is 0 Å². The molecule has 0 amide bonds. The number of thiazole rings is 1. The van der Waals surface area contributed by atoms with E-state index < -0.39 is 10.0 Å². The molecule has 0 spiro atoms. The molecule has 144 valence electrons. The summed E-state index contributed by atoms with van der Waals surface area (Å²) in [5, 5.41) is 2.78. The molecule has 0 saturated heterocycles. The summed E-state index contributed by atoms with van der Waals surface area (Å²) in [4.78, 5) is 4.99. The number of hydrogen-bond acceptors (Lipinski definition) is 5. The molecule has 0 aliphatic carbocycles. The highest BCUT2D eigenvalue weighted by Gasteiger charge is 2.23. The Morgan fingerprint density at radius 2 is 2.00 bits per heavy atom. The third kappa shape index (κ3) is 4.30. The molecular weight excluding hydrogens is 382 g/mol. The van der Waals surface area contributed by atoms with Crippen molar-refractivity contribution in [1.29, 1.82) is 0 Å². The van der Waals surface area contributed by atoms with Crippen LogP contribution < -0.4 is 4.72 Å². The first-order valence-electron chi connectivity index (χ1n) is 8.60. The maximum Gasteiger partial charge on any atom is 0.242 e. The van der Waals surface area contributed by atoms with Crippen LogP contribution in [-0.2, 0) is 21.8 Å². The summed E-state index contributed by atoms with van der Waals surface area (Å²) >= 11 is 1.51. The van der Waals surface area contributed by atoms with Crippen LogP contribution in [0.25, 0.3) is 22.0 Å². The predicted octanol–water partition coefficient (Wildman–Crippen LogP) is 3.44. The highest BCUT2D eigenvalue weighted by atomic mass is 32.2. The molecule has 0 bridgehead atoms. The molecule has 3 aromatic rings. The fourth-order valence-corrected chi connectivity index (χ4v) is 5.02. The number of nitrogens with zero attached hydrogens (tertiary/aromatic N) is 2. The lowest BCUT2D eigenvalue weighted by molar-refractivity contribution is 0.196. The van der Waals surface area contributed by atoms with Crippen molar-refractivity contribution >= 4 is 21.4 Å². The Morgan fingerprint density at radius 1 is 1.26 bits per heavy atom. The molecule has 2 heterocycles. The van der Waals surface area contributed by atoms with Gasteiger partial charge in [-0.3, -0.25) is 0 Å². The van der Waals surface area contributed by atoms with E-state index in [2.05, 4.69) is 4.72 Å². The number of nitrogens with one attached hydrogen (secondary N) is 1. The van der Waals surface area contributed by atoms with Crippen molar-refractivity contribution in [3.05, 3.63) is 47.5 Å². The minimum atomic E-state index is -3.58. The van der Waals surface area contributed by atoms with Gasteiger partial charge < -0.3 is 9.30 Å². The standard InChI is InChI=1S/C19H23N3O3S2/c1-14-18(27(23,24)20-10-7-11-25-3)12-17(22(14)2)19-21-16(13-26-19)15-8-5-4-6-9-15/h4-6,8-9,12-13,20H,7,10-11H2,1-3H3. The third-order valence-corrected chi connectivity index (χ3v) is 6.83. The average molecular weight is 406 g/mol. The lowest BCUT2D eigenvalue weighted by atomic mass is 10.2. The second-order valence-electron chi connectivity index (χ2n) is 6.19. The van der Waals surface area contributed by atoms with Crippen LogP contribution in [0.15, 0.2) is 46.7 Å². The van der Waals surface area contributed by atoms with Crippen LogP contribution in [0.3, 0.4) is 0 Å². The van der Waals surface area contributed by atoms with Gasteiger partial charge in [-0.05, 0) is 19.4 Å². The molecule has 0 fully saturated rings. The van der Waals surface area contributed by atoms with Gasteiger partial charge in [0.25, 0.3) is 0 Å². The Kier molecular flexibility index (Phi) is 6.11. The summed E-state index contributed by atoms with van der Waals surface area (Å²) in [5.74, 6) is 0. The Hall–Kier alpha value is -2.00. The van der Waals surface area contributed by atoms with Gasteiger partial charge in [0, 0.05) is 43.9 Å². The van der Waals surface area contributed by atoms with Crippen molar-refractivity contribution in [3.63, 3.8) is 0 Å². The van der Waals surface area contributed by atoms with Crippen molar-refractivity contribution in [1.82, 2.24) is 14.3 Å². The number of rotatable bonds is 8. The maximum absolute atomic E-state index is 12.7. The maximum atomic E-state index is 12.7. The minimum absolute atomic E-state index is 0.286. The summed E-state index contributed by atoms with van der Waals surface area (Å²) in [7, 11) is -0.120. The molecule has 1 aromatic carbocycles.